The minimum absolute atomic E-state index is 0.0436. The van der Waals surface area contributed by atoms with Gasteiger partial charge in [0.25, 0.3) is 5.91 Å². The van der Waals surface area contributed by atoms with Gasteiger partial charge in [-0.25, -0.2) is 13.1 Å². The molecule has 29 heavy (non-hydrogen) atoms. The number of amides is 1. The molecule has 0 radical (unpaired) electrons. The number of hydrogen-bond donors (Lipinski definition) is 2. The highest BCUT2D eigenvalue weighted by Crippen LogP contribution is 2.28. The van der Waals surface area contributed by atoms with Crippen LogP contribution in [-0.4, -0.2) is 27.0 Å². The van der Waals surface area contributed by atoms with Crippen LogP contribution in [0.25, 0.3) is 0 Å². The molecule has 0 spiro atoms. The van der Waals surface area contributed by atoms with Gasteiger partial charge in [0.1, 0.15) is 5.75 Å². The van der Waals surface area contributed by atoms with E-state index < -0.39 is 15.9 Å². The number of anilines is 1. The SMILES string of the molecule is N#Cc1cccc(NC(=O)COc2ccc(S(=O)(=O)NC3CCCC3)cc2Cl)c1. The Hall–Kier alpha value is -2.60. The summed E-state index contributed by atoms with van der Waals surface area (Å²) in [5, 5.41) is 11.6. The summed E-state index contributed by atoms with van der Waals surface area (Å²) in [4.78, 5) is 12.1. The van der Waals surface area contributed by atoms with E-state index in [1.807, 2.05) is 6.07 Å². The molecule has 1 saturated carbocycles. The van der Waals surface area contributed by atoms with E-state index in [0.29, 0.717) is 11.3 Å². The minimum Gasteiger partial charge on any atom is -0.482 e. The first-order chi connectivity index (χ1) is 13.9. The quantitative estimate of drug-likeness (QED) is 0.695. The first-order valence-electron chi connectivity index (χ1n) is 9.12. The molecule has 9 heteroatoms. The van der Waals surface area contributed by atoms with Crippen molar-refractivity contribution in [2.45, 2.75) is 36.6 Å². The van der Waals surface area contributed by atoms with Crippen LogP contribution in [0.15, 0.2) is 47.4 Å². The average molecular weight is 434 g/mol. The summed E-state index contributed by atoms with van der Waals surface area (Å²) < 4.78 is 33.0. The summed E-state index contributed by atoms with van der Waals surface area (Å²) in [6.45, 7) is -0.317. The third kappa shape index (κ3) is 5.70. The smallest absolute Gasteiger partial charge is 0.262 e. The van der Waals surface area contributed by atoms with Crippen LogP contribution in [0.3, 0.4) is 0 Å². The van der Waals surface area contributed by atoms with Crippen LogP contribution in [0.4, 0.5) is 5.69 Å². The van der Waals surface area contributed by atoms with E-state index >= 15 is 0 Å². The molecule has 1 aliphatic carbocycles. The molecule has 1 fully saturated rings. The van der Waals surface area contributed by atoms with Crippen molar-refractivity contribution < 1.29 is 17.9 Å². The molecule has 0 aliphatic heterocycles. The van der Waals surface area contributed by atoms with Crippen LogP contribution in [0.2, 0.25) is 5.02 Å². The predicted molar refractivity (Wildman–Crippen MR) is 109 cm³/mol. The van der Waals surface area contributed by atoms with Gasteiger partial charge in [0.05, 0.1) is 21.6 Å². The summed E-state index contributed by atoms with van der Waals surface area (Å²) in [7, 11) is -3.66. The van der Waals surface area contributed by atoms with Crippen LogP contribution in [0, 0.1) is 11.3 Å². The summed E-state index contributed by atoms with van der Waals surface area (Å²) >= 11 is 6.15. The second kappa shape index (κ2) is 9.27. The number of carbonyl (C=O) groups excluding carboxylic acids is 1. The van der Waals surface area contributed by atoms with E-state index in [0.717, 1.165) is 25.7 Å². The number of hydrogen-bond acceptors (Lipinski definition) is 5. The molecular weight excluding hydrogens is 414 g/mol. The molecule has 0 aromatic heterocycles. The number of benzene rings is 2. The van der Waals surface area contributed by atoms with Crippen molar-refractivity contribution in [3.05, 3.63) is 53.1 Å². The molecule has 0 heterocycles. The Bertz CT molecular complexity index is 1040. The van der Waals surface area contributed by atoms with Crippen LogP contribution < -0.4 is 14.8 Å². The zero-order valence-electron chi connectivity index (χ0n) is 15.5. The van der Waals surface area contributed by atoms with Gasteiger partial charge in [-0.2, -0.15) is 5.26 Å². The highest BCUT2D eigenvalue weighted by atomic mass is 35.5. The van der Waals surface area contributed by atoms with Gasteiger partial charge in [-0.3, -0.25) is 4.79 Å². The van der Waals surface area contributed by atoms with Crippen molar-refractivity contribution in [1.82, 2.24) is 4.72 Å². The summed E-state index contributed by atoms with van der Waals surface area (Å²) in [6.07, 6.45) is 3.70. The van der Waals surface area contributed by atoms with Crippen LogP contribution in [0.1, 0.15) is 31.2 Å². The van der Waals surface area contributed by atoms with Crippen molar-refractivity contribution in [1.29, 1.82) is 5.26 Å². The maximum atomic E-state index is 12.5. The third-order valence-corrected chi connectivity index (χ3v) is 6.34. The Morgan fingerprint density at radius 2 is 1.97 bits per heavy atom. The third-order valence-electron chi connectivity index (χ3n) is 4.52. The zero-order chi connectivity index (χ0) is 20.9. The van der Waals surface area contributed by atoms with Crippen LogP contribution in [0.5, 0.6) is 5.75 Å². The molecular formula is C20H20ClN3O4S. The molecule has 152 valence electrons. The predicted octanol–water partition coefficient (Wildman–Crippen LogP) is 3.45. The molecule has 0 bridgehead atoms. The van der Waals surface area contributed by atoms with E-state index in [9.17, 15) is 13.2 Å². The molecule has 0 saturated heterocycles. The number of nitrogens with one attached hydrogen (secondary N) is 2. The van der Waals surface area contributed by atoms with Gasteiger partial charge in [0.15, 0.2) is 6.61 Å². The molecule has 7 nitrogen and oxygen atoms in total. The van der Waals surface area contributed by atoms with Crippen molar-refractivity contribution in [3.8, 4) is 11.8 Å². The van der Waals surface area contributed by atoms with E-state index in [4.69, 9.17) is 21.6 Å². The first-order valence-corrected chi connectivity index (χ1v) is 11.0. The minimum atomic E-state index is -3.66. The molecule has 0 atom stereocenters. The highest BCUT2D eigenvalue weighted by molar-refractivity contribution is 7.89. The fraction of sp³-hybridized carbons (Fsp3) is 0.300. The Morgan fingerprint density at radius 1 is 1.21 bits per heavy atom. The molecule has 1 amide bonds. The number of halogens is 1. The highest BCUT2D eigenvalue weighted by Gasteiger charge is 2.23. The largest absolute Gasteiger partial charge is 0.482 e. The van der Waals surface area contributed by atoms with Gasteiger partial charge >= 0.3 is 0 Å². The Balaban J connectivity index is 1.60. The molecule has 2 aromatic rings. The lowest BCUT2D eigenvalue weighted by Gasteiger charge is -2.14. The Kier molecular flexibility index (Phi) is 6.75. The number of ether oxygens (including phenoxy) is 1. The number of nitrogens with zero attached hydrogens (tertiary/aromatic N) is 1. The fourth-order valence-electron chi connectivity index (χ4n) is 3.10. The van der Waals surface area contributed by atoms with E-state index in [1.54, 1.807) is 24.3 Å². The monoisotopic (exact) mass is 433 g/mol. The first kappa shape index (κ1) is 21.1. The topological polar surface area (TPSA) is 108 Å². The van der Waals surface area contributed by atoms with Gasteiger partial charge in [0, 0.05) is 11.7 Å². The van der Waals surface area contributed by atoms with Crippen molar-refractivity contribution in [2.24, 2.45) is 0 Å². The lowest BCUT2D eigenvalue weighted by Crippen LogP contribution is -2.32. The van der Waals surface area contributed by atoms with Crippen molar-refractivity contribution >= 4 is 33.2 Å². The van der Waals surface area contributed by atoms with Gasteiger partial charge < -0.3 is 10.1 Å². The maximum absolute atomic E-state index is 12.5. The Morgan fingerprint density at radius 3 is 2.66 bits per heavy atom. The molecule has 2 aromatic carbocycles. The summed E-state index contributed by atoms with van der Waals surface area (Å²) in [5.41, 5.74) is 0.901. The second-order valence-corrected chi connectivity index (χ2v) is 8.85. The lowest BCUT2D eigenvalue weighted by molar-refractivity contribution is -0.118. The molecule has 2 N–H and O–H groups in total. The van der Waals surface area contributed by atoms with Gasteiger partial charge in [-0.05, 0) is 49.2 Å². The average Bonchev–Trinajstić information content (AvgIpc) is 3.19. The molecule has 3 rings (SSSR count). The fourth-order valence-corrected chi connectivity index (χ4v) is 4.73. The molecule has 0 unspecified atom stereocenters. The van der Waals surface area contributed by atoms with Gasteiger partial charge in [0.2, 0.25) is 10.0 Å². The van der Waals surface area contributed by atoms with Gasteiger partial charge in [-0.15, -0.1) is 0 Å². The van der Waals surface area contributed by atoms with Crippen LogP contribution >= 0.6 is 11.6 Å². The van der Waals surface area contributed by atoms with Gasteiger partial charge in [-0.1, -0.05) is 30.5 Å². The number of sulfonamides is 1. The second-order valence-electron chi connectivity index (χ2n) is 6.72. The van der Waals surface area contributed by atoms with Crippen molar-refractivity contribution in [2.75, 3.05) is 11.9 Å². The van der Waals surface area contributed by atoms with E-state index in [2.05, 4.69) is 10.0 Å². The maximum Gasteiger partial charge on any atom is 0.262 e. The molecule has 1 aliphatic rings. The van der Waals surface area contributed by atoms with Crippen molar-refractivity contribution in [3.63, 3.8) is 0 Å². The normalized spacial score (nSPS) is 14.3. The summed E-state index contributed by atoms with van der Waals surface area (Å²) in [5.74, 6) is -0.233. The Labute approximate surface area is 174 Å². The zero-order valence-corrected chi connectivity index (χ0v) is 17.1. The summed E-state index contributed by atoms with van der Waals surface area (Å²) in [6, 6.07) is 12.6. The lowest BCUT2D eigenvalue weighted by atomic mass is 10.2. The van der Waals surface area contributed by atoms with E-state index in [1.165, 1.54) is 18.2 Å². The van der Waals surface area contributed by atoms with E-state index in [-0.39, 0.29) is 28.3 Å². The number of nitriles is 1. The number of rotatable bonds is 7. The standard InChI is InChI=1S/C20H20ClN3O4S/c21-18-11-17(29(26,27)24-15-5-1-2-6-15)8-9-19(18)28-13-20(25)23-16-7-3-4-14(10-16)12-22/h3-4,7-11,15,24H,1-2,5-6,13H2,(H,23,25). The number of carbonyl (C=O) groups is 1. The van der Waals surface area contributed by atoms with Crippen LogP contribution in [-0.2, 0) is 14.8 Å².